The molecule has 0 unspecified atom stereocenters. The molecule has 0 saturated carbocycles. The molecule has 0 aromatic rings. The van der Waals surface area contributed by atoms with E-state index in [4.69, 9.17) is 9.47 Å². The molecule has 5 heteroatoms. The molecular formula is C51H101NO4. The van der Waals surface area contributed by atoms with Gasteiger partial charge in [-0.25, -0.2) is 0 Å². The summed E-state index contributed by atoms with van der Waals surface area (Å²) in [5.74, 6) is 2.62. The van der Waals surface area contributed by atoms with Gasteiger partial charge in [0, 0.05) is 12.8 Å². The summed E-state index contributed by atoms with van der Waals surface area (Å²) in [6.45, 7) is 11.6. The number of esters is 2. The predicted molar refractivity (Wildman–Crippen MR) is 244 cm³/mol. The lowest BCUT2D eigenvalue weighted by Crippen LogP contribution is -2.12. The Hall–Kier alpha value is -1.10. The zero-order valence-corrected chi connectivity index (χ0v) is 39.1. The van der Waals surface area contributed by atoms with E-state index in [2.05, 4.69) is 46.7 Å². The molecule has 334 valence electrons. The summed E-state index contributed by atoms with van der Waals surface area (Å²) in [7, 11) is 4.35. The number of hydrogen-bond acceptors (Lipinski definition) is 5. The van der Waals surface area contributed by atoms with E-state index < -0.39 is 0 Å². The summed E-state index contributed by atoms with van der Waals surface area (Å²) in [5.41, 5.74) is 0. The standard InChI is InChI=1S/C51H101NO4/c1-7-11-33-47(34-12-8-2)40-28-31-45-55-50(53)42-26-19-15-17-23-37-49(39-25-21-22-30-44-52(5)6)38-24-18-16-20-27-43-51(54)56-46-32-29-41-48(35-13-9-3)36-14-10-4/h47-49H,7-46H2,1-6H3. The fourth-order valence-corrected chi connectivity index (χ4v) is 8.54. The topological polar surface area (TPSA) is 55.8 Å². The summed E-state index contributed by atoms with van der Waals surface area (Å²) in [5, 5.41) is 0. The second kappa shape index (κ2) is 43.5. The van der Waals surface area contributed by atoms with Gasteiger partial charge in [0.15, 0.2) is 0 Å². The van der Waals surface area contributed by atoms with Gasteiger partial charge in [0.2, 0.25) is 0 Å². The first-order valence-electron chi connectivity index (χ1n) is 25.3. The molecule has 0 aliphatic carbocycles. The van der Waals surface area contributed by atoms with Crippen molar-refractivity contribution >= 4 is 11.9 Å². The summed E-state index contributed by atoms with van der Waals surface area (Å²) in [6.07, 6.45) is 45.7. The number of rotatable bonds is 45. The predicted octanol–water partition coefficient (Wildman–Crippen LogP) is 16.0. The van der Waals surface area contributed by atoms with Crippen LogP contribution in [0.25, 0.3) is 0 Å². The third-order valence-electron chi connectivity index (χ3n) is 12.4. The maximum absolute atomic E-state index is 12.3. The van der Waals surface area contributed by atoms with E-state index in [9.17, 15) is 9.59 Å². The molecule has 0 aromatic carbocycles. The molecule has 0 saturated heterocycles. The summed E-state index contributed by atoms with van der Waals surface area (Å²) < 4.78 is 11.2. The van der Waals surface area contributed by atoms with Gasteiger partial charge >= 0.3 is 11.9 Å². The van der Waals surface area contributed by atoms with Crippen LogP contribution in [0.15, 0.2) is 0 Å². The van der Waals surface area contributed by atoms with Gasteiger partial charge < -0.3 is 14.4 Å². The number of carbonyl (C=O) groups excluding carboxylic acids is 2. The van der Waals surface area contributed by atoms with Crippen molar-refractivity contribution in [1.82, 2.24) is 4.90 Å². The molecule has 0 aliphatic heterocycles. The molecule has 0 rings (SSSR count). The first-order valence-corrected chi connectivity index (χ1v) is 25.3. The van der Waals surface area contributed by atoms with E-state index >= 15 is 0 Å². The van der Waals surface area contributed by atoms with Crippen LogP contribution >= 0.6 is 0 Å². The van der Waals surface area contributed by atoms with Crippen molar-refractivity contribution in [3.8, 4) is 0 Å². The molecular weight excluding hydrogens is 691 g/mol. The van der Waals surface area contributed by atoms with E-state index in [1.54, 1.807) is 0 Å². The van der Waals surface area contributed by atoms with Gasteiger partial charge in [-0.2, -0.15) is 0 Å². The van der Waals surface area contributed by atoms with Crippen molar-refractivity contribution in [3.05, 3.63) is 0 Å². The summed E-state index contributed by atoms with van der Waals surface area (Å²) in [6, 6.07) is 0. The quantitative estimate of drug-likeness (QED) is 0.0454. The Morgan fingerprint density at radius 3 is 0.946 bits per heavy atom. The third kappa shape index (κ3) is 39.7. The maximum atomic E-state index is 12.3. The Morgan fingerprint density at radius 1 is 0.357 bits per heavy atom. The first-order chi connectivity index (χ1) is 27.4. The van der Waals surface area contributed by atoms with Crippen LogP contribution in [-0.2, 0) is 19.1 Å². The average molecular weight is 792 g/mol. The molecule has 0 aliphatic rings. The summed E-state index contributed by atoms with van der Waals surface area (Å²) in [4.78, 5) is 26.9. The lowest BCUT2D eigenvalue weighted by molar-refractivity contribution is -0.144. The Labute approximate surface area is 351 Å². The van der Waals surface area contributed by atoms with Crippen LogP contribution in [0.4, 0.5) is 0 Å². The second-order valence-electron chi connectivity index (χ2n) is 18.2. The Morgan fingerprint density at radius 2 is 0.625 bits per heavy atom. The van der Waals surface area contributed by atoms with Crippen molar-refractivity contribution in [2.24, 2.45) is 17.8 Å². The van der Waals surface area contributed by atoms with Crippen LogP contribution in [0.2, 0.25) is 0 Å². The number of unbranched alkanes of at least 4 members (excludes halogenated alkanes) is 17. The van der Waals surface area contributed by atoms with Crippen molar-refractivity contribution in [2.75, 3.05) is 33.9 Å². The van der Waals surface area contributed by atoms with Crippen molar-refractivity contribution in [2.45, 2.75) is 265 Å². The van der Waals surface area contributed by atoms with E-state index in [1.807, 2.05) is 0 Å². The highest BCUT2D eigenvalue weighted by molar-refractivity contribution is 5.69. The minimum Gasteiger partial charge on any atom is -0.466 e. The van der Waals surface area contributed by atoms with Crippen LogP contribution in [0.5, 0.6) is 0 Å². The molecule has 0 aromatic heterocycles. The Kier molecular flexibility index (Phi) is 42.6. The lowest BCUT2D eigenvalue weighted by atomic mass is 9.89. The molecule has 0 amide bonds. The SMILES string of the molecule is CCCCC(CCCC)CCCCOC(=O)CCCCCCCC(CCCCCCCC(=O)OCCCCC(CCCC)CCCC)CCCCCCN(C)C. The molecule has 0 fully saturated rings. The molecule has 0 spiro atoms. The minimum absolute atomic E-state index is 0.0126. The number of hydrogen-bond donors (Lipinski definition) is 0. The zero-order chi connectivity index (χ0) is 41.2. The fraction of sp³-hybridized carbons (Fsp3) is 0.961. The lowest BCUT2D eigenvalue weighted by Gasteiger charge is -2.17. The molecule has 0 bridgehead atoms. The largest absolute Gasteiger partial charge is 0.466 e. The van der Waals surface area contributed by atoms with Gasteiger partial charge in [0.05, 0.1) is 13.2 Å². The highest BCUT2D eigenvalue weighted by atomic mass is 16.5. The second-order valence-corrected chi connectivity index (χ2v) is 18.2. The van der Waals surface area contributed by atoms with Gasteiger partial charge in [-0.3, -0.25) is 9.59 Å². The molecule has 0 N–H and O–H groups in total. The highest BCUT2D eigenvalue weighted by Crippen LogP contribution is 2.26. The molecule has 5 nitrogen and oxygen atoms in total. The monoisotopic (exact) mass is 792 g/mol. The smallest absolute Gasteiger partial charge is 0.305 e. The molecule has 0 heterocycles. The highest BCUT2D eigenvalue weighted by Gasteiger charge is 2.12. The van der Waals surface area contributed by atoms with Gasteiger partial charge in [-0.05, 0) is 83.3 Å². The number of carbonyl (C=O) groups is 2. The van der Waals surface area contributed by atoms with E-state index in [0.717, 1.165) is 56.3 Å². The third-order valence-corrected chi connectivity index (χ3v) is 12.4. The van der Waals surface area contributed by atoms with E-state index in [1.165, 1.54) is 193 Å². The van der Waals surface area contributed by atoms with Crippen LogP contribution in [0, 0.1) is 17.8 Å². The normalized spacial score (nSPS) is 11.8. The van der Waals surface area contributed by atoms with Crippen LogP contribution in [0.1, 0.15) is 265 Å². The molecule has 0 atom stereocenters. The minimum atomic E-state index is 0.0126. The zero-order valence-electron chi connectivity index (χ0n) is 39.1. The first kappa shape index (κ1) is 54.9. The molecule has 56 heavy (non-hydrogen) atoms. The summed E-state index contributed by atoms with van der Waals surface area (Å²) >= 11 is 0. The van der Waals surface area contributed by atoms with Gasteiger partial charge in [-0.1, -0.05) is 207 Å². The van der Waals surface area contributed by atoms with Crippen molar-refractivity contribution < 1.29 is 19.1 Å². The van der Waals surface area contributed by atoms with Crippen molar-refractivity contribution in [3.63, 3.8) is 0 Å². The van der Waals surface area contributed by atoms with Gasteiger partial charge in [-0.15, -0.1) is 0 Å². The Balaban J connectivity index is 4.14. The number of nitrogens with zero attached hydrogens (tertiary/aromatic N) is 1. The van der Waals surface area contributed by atoms with Crippen LogP contribution < -0.4 is 0 Å². The van der Waals surface area contributed by atoms with Crippen LogP contribution in [-0.4, -0.2) is 50.7 Å². The number of ether oxygens (including phenoxy) is 2. The average Bonchev–Trinajstić information content (AvgIpc) is 3.18. The van der Waals surface area contributed by atoms with Gasteiger partial charge in [0.25, 0.3) is 0 Å². The van der Waals surface area contributed by atoms with E-state index in [-0.39, 0.29) is 11.9 Å². The van der Waals surface area contributed by atoms with E-state index in [0.29, 0.717) is 26.1 Å². The maximum Gasteiger partial charge on any atom is 0.305 e. The molecule has 0 radical (unpaired) electrons. The fourth-order valence-electron chi connectivity index (χ4n) is 8.54. The van der Waals surface area contributed by atoms with Crippen LogP contribution in [0.3, 0.4) is 0 Å². The van der Waals surface area contributed by atoms with Crippen molar-refractivity contribution in [1.29, 1.82) is 0 Å². The Bertz CT molecular complexity index is 744. The van der Waals surface area contributed by atoms with Gasteiger partial charge in [0.1, 0.15) is 0 Å².